The Morgan fingerprint density at radius 1 is 1.22 bits per heavy atom. The summed E-state index contributed by atoms with van der Waals surface area (Å²) >= 11 is 4.16. The number of hydrogen-bond donors (Lipinski definition) is 1. The molecular formula is C13H24N2OS2. The van der Waals surface area contributed by atoms with Crippen LogP contribution in [0.4, 0.5) is 0 Å². The molecule has 0 atom stereocenters. The first-order valence-electron chi connectivity index (χ1n) is 6.90. The van der Waals surface area contributed by atoms with Gasteiger partial charge in [0.15, 0.2) is 0 Å². The van der Waals surface area contributed by atoms with Gasteiger partial charge in [-0.3, -0.25) is 4.79 Å². The van der Waals surface area contributed by atoms with Gasteiger partial charge in [-0.05, 0) is 25.3 Å². The Hall–Kier alpha value is 0.130. The van der Waals surface area contributed by atoms with E-state index >= 15 is 0 Å². The average molecular weight is 288 g/mol. The zero-order valence-electron chi connectivity index (χ0n) is 11.2. The van der Waals surface area contributed by atoms with Gasteiger partial charge in [-0.15, -0.1) is 0 Å². The van der Waals surface area contributed by atoms with Crippen molar-refractivity contribution < 1.29 is 4.79 Å². The van der Waals surface area contributed by atoms with E-state index in [4.69, 9.17) is 0 Å². The summed E-state index contributed by atoms with van der Waals surface area (Å²) in [6, 6.07) is 0.688. The molecule has 3 nitrogen and oxygen atoms in total. The SMILES string of the molecule is CC(=O)N1CCC(CNC2CSCCSC2)CC1. The van der Waals surface area contributed by atoms with Crippen molar-refractivity contribution in [3.05, 3.63) is 0 Å². The van der Waals surface area contributed by atoms with Crippen LogP contribution in [-0.4, -0.2) is 59.5 Å². The number of nitrogens with zero attached hydrogens (tertiary/aromatic N) is 1. The minimum absolute atomic E-state index is 0.234. The van der Waals surface area contributed by atoms with Gasteiger partial charge in [-0.2, -0.15) is 23.5 Å². The van der Waals surface area contributed by atoms with Crippen molar-refractivity contribution in [1.82, 2.24) is 10.2 Å². The van der Waals surface area contributed by atoms with Gasteiger partial charge in [0.1, 0.15) is 0 Å². The number of piperidine rings is 1. The van der Waals surface area contributed by atoms with E-state index in [0.717, 1.165) is 25.6 Å². The number of carbonyl (C=O) groups excluding carboxylic acids is 1. The Balaban J connectivity index is 1.64. The predicted molar refractivity (Wildman–Crippen MR) is 81.4 cm³/mol. The number of thioether (sulfide) groups is 2. The van der Waals surface area contributed by atoms with Crippen LogP contribution in [0.1, 0.15) is 19.8 Å². The smallest absolute Gasteiger partial charge is 0.219 e. The lowest BCUT2D eigenvalue weighted by atomic mass is 9.96. The lowest BCUT2D eigenvalue weighted by Crippen LogP contribution is -2.42. The Kier molecular flexibility index (Phi) is 6.18. The van der Waals surface area contributed by atoms with Crippen LogP contribution >= 0.6 is 23.5 Å². The molecule has 0 spiro atoms. The fraction of sp³-hybridized carbons (Fsp3) is 0.923. The monoisotopic (exact) mass is 288 g/mol. The van der Waals surface area contributed by atoms with Crippen LogP contribution in [0.15, 0.2) is 0 Å². The minimum Gasteiger partial charge on any atom is -0.343 e. The van der Waals surface area contributed by atoms with Crippen LogP contribution in [-0.2, 0) is 4.79 Å². The predicted octanol–water partition coefficient (Wildman–Crippen LogP) is 1.68. The highest BCUT2D eigenvalue weighted by molar-refractivity contribution is 8.03. The summed E-state index contributed by atoms with van der Waals surface area (Å²) in [5.74, 6) is 6.13. The maximum absolute atomic E-state index is 11.3. The van der Waals surface area contributed by atoms with Crippen molar-refractivity contribution in [3.63, 3.8) is 0 Å². The van der Waals surface area contributed by atoms with Gasteiger partial charge in [-0.1, -0.05) is 0 Å². The van der Waals surface area contributed by atoms with Gasteiger partial charge < -0.3 is 10.2 Å². The maximum atomic E-state index is 11.3. The van der Waals surface area contributed by atoms with Gasteiger partial charge in [0.05, 0.1) is 0 Å². The number of nitrogens with one attached hydrogen (secondary N) is 1. The summed E-state index contributed by atoms with van der Waals surface area (Å²) < 4.78 is 0. The lowest BCUT2D eigenvalue weighted by molar-refractivity contribution is -0.130. The van der Waals surface area contributed by atoms with Crippen molar-refractivity contribution in [2.24, 2.45) is 5.92 Å². The molecule has 0 aromatic carbocycles. The summed E-state index contributed by atoms with van der Waals surface area (Å²) in [6.45, 7) is 4.72. The van der Waals surface area contributed by atoms with Gasteiger partial charge in [-0.25, -0.2) is 0 Å². The largest absolute Gasteiger partial charge is 0.343 e. The quantitative estimate of drug-likeness (QED) is 0.856. The first-order valence-corrected chi connectivity index (χ1v) is 9.21. The average Bonchev–Trinajstić information content (AvgIpc) is 2.65. The van der Waals surface area contributed by atoms with Gasteiger partial charge in [0, 0.05) is 49.1 Å². The molecule has 0 aromatic heterocycles. The van der Waals surface area contributed by atoms with Crippen molar-refractivity contribution in [2.75, 3.05) is 42.6 Å². The summed E-state index contributed by atoms with van der Waals surface area (Å²) in [7, 11) is 0. The molecule has 2 fully saturated rings. The zero-order chi connectivity index (χ0) is 12.8. The van der Waals surface area contributed by atoms with E-state index < -0.39 is 0 Å². The Morgan fingerprint density at radius 3 is 2.39 bits per heavy atom. The number of rotatable bonds is 3. The van der Waals surface area contributed by atoms with Gasteiger partial charge >= 0.3 is 0 Å². The Bertz CT molecular complexity index is 260. The normalized spacial score (nSPS) is 23.9. The van der Waals surface area contributed by atoms with Crippen LogP contribution in [0.2, 0.25) is 0 Å². The molecule has 5 heteroatoms. The van der Waals surface area contributed by atoms with E-state index in [-0.39, 0.29) is 5.91 Å². The summed E-state index contributed by atoms with van der Waals surface area (Å²) in [5, 5.41) is 3.73. The third-order valence-corrected chi connectivity index (χ3v) is 6.29. The highest BCUT2D eigenvalue weighted by Crippen LogP contribution is 2.19. The molecule has 2 saturated heterocycles. The molecule has 2 rings (SSSR count). The summed E-state index contributed by atoms with van der Waals surface area (Å²) in [4.78, 5) is 13.2. The third-order valence-electron chi connectivity index (χ3n) is 3.77. The van der Waals surface area contributed by atoms with Crippen molar-refractivity contribution in [3.8, 4) is 0 Å². The van der Waals surface area contributed by atoms with Gasteiger partial charge in [0.25, 0.3) is 0 Å². The molecule has 2 aliphatic rings. The van der Waals surface area contributed by atoms with E-state index in [9.17, 15) is 4.79 Å². The van der Waals surface area contributed by atoms with Crippen LogP contribution in [0.25, 0.3) is 0 Å². The van der Waals surface area contributed by atoms with Crippen molar-refractivity contribution >= 4 is 29.4 Å². The second-order valence-corrected chi connectivity index (χ2v) is 7.50. The van der Waals surface area contributed by atoms with E-state index in [0.29, 0.717) is 6.04 Å². The molecule has 0 aliphatic carbocycles. The Morgan fingerprint density at radius 2 is 1.83 bits per heavy atom. The van der Waals surface area contributed by atoms with E-state index in [1.807, 2.05) is 4.90 Å². The number of carbonyl (C=O) groups is 1. The molecule has 2 aliphatic heterocycles. The molecule has 0 aromatic rings. The second-order valence-electron chi connectivity index (χ2n) is 5.20. The first kappa shape index (κ1) is 14.5. The lowest BCUT2D eigenvalue weighted by Gasteiger charge is -2.32. The van der Waals surface area contributed by atoms with E-state index in [2.05, 4.69) is 28.8 Å². The number of amides is 1. The molecule has 0 saturated carbocycles. The molecule has 1 amide bonds. The maximum Gasteiger partial charge on any atom is 0.219 e. The molecule has 18 heavy (non-hydrogen) atoms. The molecule has 0 unspecified atom stereocenters. The molecule has 0 bridgehead atoms. The molecule has 0 radical (unpaired) electrons. The molecule has 2 heterocycles. The third kappa shape index (κ3) is 4.67. The Labute approximate surface area is 119 Å². The van der Waals surface area contributed by atoms with Crippen LogP contribution in [0.3, 0.4) is 0 Å². The standard InChI is InChI=1S/C13H24N2OS2/c1-11(16)15-4-2-12(3-5-15)8-14-13-9-17-6-7-18-10-13/h12-14H,2-10H2,1H3. The number of likely N-dealkylation sites (tertiary alicyclic amines) is 1. The minimum atomic E-state index is 0.234. The van der Waals surface area contributed by atoms with E-state index in [1.165, 1.54) is 35.9 Å². The van der Waals surface area contributed by atoms with E-state index in [1.54, 1.807) is 6.92 Å². The van der Waals surface area contributed by atoms with Gasteiger partial charge in [0.2, 0.25) is 5.91 Å². The van der Waals surface area contributed by atoms with Crippen molar-refractivity contribution in [2.45, 2.75) is 25.8 Å². The van der Waals surface area contributed by atoms with Crippen LogP contribution in [0.5, 0.6) is 0 Å². The highest BCUT2D eigenvalue weighted by Gasteiger charge is 2.21. The fourth-order valence-corrected chi connectivity index (χ4v) is 4.99. The molecular weight excluding hydrogens is 264 g/mol. The van der Waals surface area contributed by atoms with Crippen molar-refractivity contribution in [1.29, 1.82) is 0 Å². The van der Waals surface area contributed by atoms with Crippen LogP contribution < -0.4 is 5.32 Å². The second kappa shape index (κ2) is 7.65. The molecule has 1 N–H and O–H groups in total. The summed E-state index contributed by atoms with van der Waals surface area (Å²) in [6.07, 6.45) is 2.33. The summed E-state index contributed by atoms with van der Waals surface area (Å²) in [5.41, 5.74) is 0. The topological polar surface area (TPSA) is 32.3 Å². The van der Waals surface area contributed by atoms with Crippen LogP contribution in [0, 0.1) is 5.92 Å². The highest BCUT2D eigenvalue weighted by atomic mass is 32.2. The number of hydrogen-bond acceptors (Lipinski definition) is 4. The fourth-order valence-electron chi connectivity index (χ4n) is 2.52. The molecule has 104 valence electrons. The zero-order valence-corrected chi connectivity index (χ0v) is 12.8. The first-order chi connectivity index (χ1) is 8.75.